The van der Waals surface area contributed by atoms with E-state index in [1.807, 2.05) is 4.90 Å². The monoisotopic (exact) mass is 322 g/mol. The number of likely N-dealkylation sites (tertiary alicyclic amines) is 1. The van der Waals surface area contributed by atoms with Gasteiger partial charge in [0.2, 0.25) is 0 Å². The van der Waals surface area contributed by atoms with Crippen LogP contribution in [0, 0.1) is 5.92 Å². The van der Waals surface area contributed by atoms with E-state index in [0.29, 0.717) is 16.3 Å². The minimum Gasteiger partial charge on any atom is -0.338 e. The van der Waals surface area contributed by atoms with Gasteiger partial charge in [0.25, 0.3) is 5.91 Å². The van der Waals surface area contributed by atoms with Crippen molar-refractivity contribution >= 4 is 27.4 Å². The Kier molecular flexibility index (Phi) is 3.26. The lowest BCUT2D eigenvalue weighted by molar-refractivity contribution is 0.0692. The SMILES string of the molecule is CC1CN(C(=O)c2cnn3ccncc23)CCC1Br. The van der Waals surface area contributed by atoms with E-state index >= 15 is 0 Å². The van der Waals surface area contributed by atoms with E-state index in [1.54, 1.807) is 29.3 Å². The van der Waals surface area contributed by atoms with Crippen molar-refractivity contribution in [2.45, 2.75) is 18.2 Å². The number of nitrogens with zero attached hydrogens (tertiary/aromatic N) is 4. The van der Waals surface area contributed by atoms with Crippen LogP contribution < -0.4 is 0 Å². The van der Waals surface area contributed by atoms with Gasteiger partial charge in [0.05, 0.1) is 23.5 Å². The Bertz CT molecular complexity index is 611. The first-order valence-corrected chi connectivity index (χ1v) is 7.29. The van der Waals surface area contributed by atoms with Gasteiger partial charge in [-0.05, 0) is 12.3 Å². The van der Waals surface area contributed by atoms with Gasteiger partial charge in [0.1, 0.15) is 0 Å². The molecule has 2 aromatic rings. The number of fused-ring (bicyclic) bond motifs is 1. The van der Waals surface area contributed by atoms with Crippen LogP contribution in [0.5, 0.6) is 0 Å². The molecule has 3 rings (SSSR count). The second kappa shape index (κ2) is 4.92. The molecule has 5 nitrogen and oxygen atoms in total. The lowest BCUT2D eigenvalue weighted by Gasteiger charge is -2.34. The normalized spacial score (nSPS) is 23.8. The van der Waals surface area contributed by atoms with E-state index in [9.17, 15) is 4.79 Å². The van der Waals surface area contributed by atoms with Crippen LogP contribution in [-0.4, -0.2) is 43.3 Å². The number of hydrogen-bond donors (Lipinski definition) is 0. The van der Waals surface area contributed by atoms with E-state index < -0.39 is 0 Å². The molecule has 19 heavy (non-hydrogen) atoms. The number of aromatic nitrogens is 3. The molecule has 0 radical (unpaired) electrons. The van der Waals surface area contributed by atoms with Crippen LogP contribution in [-0.2, 0) is 0 Å². The highest BCUT2D eigenvalue weighted by Gasteiger charge is 2.28. The minimum atomic E-state index is 0.0502. The molecule has 100 valence electrons. The minimum absolute atomic E-state index is 0.0502. The third-order valence-electron chi connectivity index (χ3n) is 3.64. The second-order valence-electron chi connectivity index (χ2n) is 5.00. The first-order valence-electron chi connectivity index (χ1n) is 6.37. The Morgan fingerprint density at radius 2 is 2.32 bits per heavy atom. The van der Waals surface area contributed by atoms with Gasteiger partial charge in [-0.15, -0.1) is 0 Å². The maximum absolute atomic E-state index is 12.6. The summed E-state index contributed by atoms with van der Waals surface area (Å²) in [5.74, 6) is 0.520. The summed E-state index contributed by atoms with van der Waals surface area (Å²) in [7, 11) is 0. The van der Waals surface area contributed by atoms with E-state index in [-0.39, 0.29) is 5.91 Å². The molecule has 2 aromatic heterocycles. The van der Waals surface area contributed by atoms with Gasteiger partial charge < -0.3 is 4.90 Å². The number of alkyl halides is 1. The number of rotatable bonds is 1. The van der Waals surface area contributed by atoms with E-state index in [4.69, 9.17) is 0 Å². The number of hydrogen-bond acceptors (Lipinski definition) is 3. The lowest BCUT2D eigenvalue weighted by atomic mass is 9.99. The molecular weight excluding hydrogens is 308 g/mol. The highest BCUT2D eigenvalue weighted by Crippen LogP contribution is 2.25. The van der Waals surface area contributed by atoms with Crippen molar-refractivity contribution in [3.8, 4) is 0 Å². The average molecular weight is 323 g/mol. The van der Waals surface area contributed by atoms with Crippen molar-refractivity contribution in [2.75, 3.05) is 13.1 Å². The predicted molar refractivity (Wildman–Crippen MR) is 75.4 cm³/mol. The number of amides is 1. The molecule has 2 atom stereocenters. The molecule has 6 heteroatoms. The molecule has 1 amide bonds. The summed E-state index contributed by atoms with van der Waals surface area (Å²) in [5.41, 5.74) is 1.40. The van der Waals surface area contributed by atoms with Gasteiger partial charge in [-0.25, -0.2) is 4.52 Å². The van der Waals surface area contributed by atoms with Gasteiger partial charge in [0, 0.05) is 30.3 Å². The maximum atomic E-state index is 12.6. The number of piperidine rings is 1. The summed E-state index contributed by atoms with van der Waals surface area (Å²) in [5, 5.41) is 4.19. The third-order valence-corrected chi connectivity index (χ3v) is 5.00. The summed E-state index contributed by atoms with van der Waals surface area (Å²) in [6.45, 7) is 3.74. The van der Waals surface area contributed by atoms with E-state index in [1.165, 1.54) is 0 Å². The summed E-state index contributed by atoms with van der Waals surface area (Å²) < 4.78 is 1.68. The van der Waals surface area contributed by atoms with Crippen molar-refractivity contribution < 1.29 is 4.79 Å². The molecular formula is C13H15BrN4O. The van der Waals surface area contributed by atoms with Crippen LogP contribution in [0.4, 0.5) is 0 Å². The molecule has 0 spiro atoms. The fraction of sp³-hybridized carbons (Fsp3) is 0.462. The van der Waals surface area contributed by atoms with Crippen LogP contribution in [0.15, 0.2) is 24.8 Å². The smallest absolute Gasteiger partial charge is 0.257 e. The van der Waals surface area contributed by atoms with Crippen LogP contribution >= 0.6 is 15.9 Å². The molecule has 0 bridgehead atoms. The molecule has 3 heterocycles. The lowest BCUT2D eigenvalue weighted by Crippen LogP contribution is -2.43. The van der Waals surface area contributed by atoms with Gasteiger partial charge in [-0.2, -0.15) is 5.10 Å². The summed E-state index contributed by atoms with van der Waals surface area (Å²) in [6, 6.07) is 0. The zero-order valence-electron chi connectivity index (χ0n) is 10.7. The second-order valence-corrected chi connectivity index (χ2v) is 6.17. The van der Waals surface area contributed by atoms with Crippen molar-refractivity contribution in [1.29, 1.82) is 0 Å². The molecule has 1 aliphatic heterocycles. The quantitative estimate of drug-likeness (QED) is 0.754. The van der Waals surface area contributed by atoms with Gasteiger partial charge in [0.15, 0.2) is 0 Å². The average Bonchev–Trinajstić information content (AvgIpc) is 2.85. The van der Waals surface area contributed by atoms with Crippen molar-refractivity contribution in [3.63, 3.8) is 0 Å². The molecule has 0 aromatic carbocycles. The summed E-state index contributed by atoms with van der Waals surface area (Å²) in [4.78, 5) is 19.0. The van der Waals surface area contributed by atoms with E-state index in [2.05, 4.69) is 32.9 Å². The zero-order valence-corrected chi connectivity index (χ0v) is 12.2. The molecule has 0 saturated carbocycles. The highest BCUT2D eigenvalue weighted by molar-refractivity contribution is 9.09. The molecule has 0 aliphatic carbocycles. The molecule has 1 aliphatic rings. The third kappa shape index (κ3) is 2.25. The van der Waals surface area contributed by atoms with Crippen LogP contribution in [0.2, 0.25) is 0 Å². The van der Waals surface area contributed by atoms with Crippen LogP contribution in [0.25, 0.3) is 5.52 Å². The van der Waals surface area contributed by atoms with E-state index in [0.717, 1.165) is 25.0 Å². The molecule has 1 saturated heterocycles. The Morgan fingerprint density at radius 1 is 1.47 bits per heavy atom. The number of carbonyl (C=O) groups is 1. The van der Waals surface area contributed by atoms with Gasteiger partial charge in [-0.3, -0.25) is 9.78 Å². The van der Waals surface area contributed by atoms with Crippen LogP contribution in [0.3, 0.4) is 0 Å². The highest BCUT2D eigenvalue weighted by atomic mass is 79.9. The van der Waals surface area contributed by atoms with Crippen molar-refractivity contribution in [2.24, 2.45) is 5.92 Å². The number of carbonyl (C=O) groups excluding carboxylic acids is 1. The standard InChI is InChI=1S/C13H15BrN4O/c1-9-8-17(4-2-11(9)14)13(19)10-6-16-18-5-3-15-7-12(10)18/h3,5-7,9,11H,2,4,8H2,1H3. The molecule has 0 N–H and O–H groups in total. The first kappa shape index (κ1) is 12.6. The van der Waals surface area contributed by atoms with Gasteiger partial charge >= 0.3 is 0 Å². The Hall–Kier alpha value is -1.43. The Balaban J connectivity index is 1.88. The molecule has 2 unspecified atom stereocenters. The van der Waals surface area contributed by atoms with Crippen LogP contribution in [0.1, 0.15) is 23.7 Å². The number of halogens is 1. The fourth-order valence-electron chi connectivity index (χ4n) is 2.47. The Labute approximate surface area is 119 Å². The maximum Gasteiger partial charge on any atom is 0.257 e. The molecule has 1 fully saturated rings. The van der Waals surface area contributed by atoms with Crippen molar-refractivity contribution in [3.05, 3.63) is 30.4 Å². The summed E-state index contributed by atoms with van der Waals surface area (Å²) in [6.07, 6.45) is 7.71. The fourth-order valence-corrected chi connectivity index (χ4v) is 2.84. The zero-order chi connectivity index (χ0) is 13.4. The Morgan fingerprint density at radius 3 is 3.11 bits per heavy atom. The topological polar surface area (TPSA) is 50.5 Å². The van der Waals surface area contributed by atoms with Crippen molar-refractivity contribution in [1.82, 2.24) is 19.5 Å². The largest absolute Gasteiger partial charge is 0.338 e. The van der Waals surface area contributed by atoms with Gasteiger partial charge in [-0.1, -0.05) is 22.9 Å². The predicted octanol–water partition coefficient (Wildman–Crippen LogP) is 1.97. The summed E-state index contributed by atoms with van der Waals surface area (Å²) >= 11 is 3.65. The first-order chi connectivity index (χ1) is 9.16.